The van der Waals surface area contributed by atoms with Crippen LogP contribution >= 0.6 is 0 Å². The van der Waals surface area contributed by atoms with Crippen molar-refractivity contribution in [2.24, 2.45) is 11.7 Å². The van der Waals surface area contributed by atoms with Gasteiger partial charge in [0, 0.05) is 12.8 Å². The molecule has 0 aromatic rings. The van der Waals surface area contributed by atoms with E-state index < -0.39 is 6.04 Å². The van der Waals surface area contributed by atoms with Gasteiger partial charge < -0.3 is 15.2 Å². The van der Waals surface area contributed by atoms with Crippen molar-refractivity contribution in [1.29, 1.82) is 0 Å². The summed E-state index contributed by atoms with van der Waals surface area (Å²) >= 11 is 0. The maximum Gasteiger partial charge on any atom is 0.323 e. The largest absolute Gasteiger partial charge is 0.461 e. The molecule has 2 unspecified atom stereocenters. The van der Waals surface area contributed by atoms with Gasteiger partial charge >= 0.3 is 5.97 Å². The number of hydrogen-bond donors (Lipinski definition) is 1. The predicted molar refractivity (Wildman–Crippen MR) is 66.6 cm³/mol. The van der Waals surface area contributed by atoms with Crippen molar-refractivity contribution in [2.75, 3.05) is 0 Å². The number of esters is 1. The van der Waals surface area contributed by atoms with Crippen LogP contribution in [-0.4, -0.2) is 30.3 Å². The Labute approximate surface area is 104 Å². The van der Waals surface area contributed by atoms with E-state index in [-0.39, 0.29) is 24.3 Å². The highest BCUT2D eigenvalue weighted by atomic mass is 16.6. The third kappa shape index (κ3) is 5.04. The Hall–Kier alpha value is -0.610. The molecule has 0 aromatic carbocycles. The number of nitrogens with two attached hydrogens (primary N) is 1. The standard InChI is InChI=1S/C13H25NO3/c1-8(2)5-12(14)13(15)17-11-6-9(3)16-10(4)7-11/h8-12H,5-7,14H2,1-4H3/t9?,10?,11?,12-/m1/s1. The summed E-state index contributed by atoms with van der Waals surface area (Å²) in [4.78, 5) is 11.8. The summed E-state index contributed by atoms with van der Waals surface area (Å²) in [6.45, 7) is 8.10. The quantitative estimate of drug-likeness (QED) is 0.766. The molecule has 3 atom stereocenters. The van der Waals surface area contributed by atoms with Crippen molar-refractivity contribution in [1.82, 2.24) is 0 Å². The van der Waals surface area contributed by atoms with Crippen LogP contribution in [0, 0.1) is 5.92 Å². The lowest BCUT2D eigenvalue weighted by Gasteiger charge is -2.32. The van der Waals surface area contributed by atoms with Crippen LogP contribution in [-0.2, 0) is 14.3 Å². The molecule has 1 rings (SSSR count). The smallest absolute Gasteiger partial charge is 0.323 e. The minimum Gasteiger partial charge on any atom is -0.461 e. The second kappa shape index (κ2) is 6.36. The van der Waals surface area contributed by atoms with Crippen molar-refractivity contribution in [3.05, 3.63) is 0 Å². The molecule has 1 saturated heterocycles. The highest BCUT2D eigenvalue weighted by molar-refractivity contribution is 5.75. The summed E-state index contributed by atoms with van der Waals surface area (Å²) in [6, 6.07) is -0.497. The molecule has 4 nitrogen and oxygen atoms in total. The normalized spacial score (nSPS) is 31.3. The molecule has 0 saturated carbocycles. The van der Waals surface area contributed by atoms with Gasteiger partial charge in [0.25, 0.3) is 0 Å². The lowest BCUT2D eigenvalue weighted by Crippen LogP contribution is -2.40. The monoisotopic (exact) mass is 243 g/mol. The predicted octanol–water partition coefficient (Wildman–Crippen LogP) is 1.86. The zero-order valence-corrected chi connectivity index (χ0v) is 11.3. The first-order valence-electron chi connectivity index (χ1n) is 6.50. The van der Waals surface area contributed by atoms with E-state index in [0.717, 1.165) is 12.8 Å². The molecule has 1 aliphatic rings. The van der Waals surface area contributed by atoms with Gasteiger partial charge in [0.2, 0.25) is 0 Å². The zero-order chi connectivity index (χ0) is 13.0. The molecule has 100 valence electrons. The zero-order valence-electron chi connectivity index (χ0n) is 11.3. The van der Waals surface area contributed by atoms with Crippen molar-refractivity contribution in [3.8, 4) is 0 Å². The van der Waals surface area contributed by atoms with E-state index in [4.69, 9.17) is 15.2 Å². The van der Waals surface area contributed by atoms with Crippen LogP contribution in [0.3, 0.4) is 0 Å². The van der Waals surface area contributed by atoms with Gasteiger partial charge in [0.15, 0.2) is 0 Å². The van der Waals surface area contributed by atoms with Gasteiger partial charge in [0.05, 0.1) is 12.2 Å². The van der Waals surface area contributed by atoms with Gasteiger partial charge in [-0.15, -0.1) is 0 Å². The Bertz CT molecular complexity index is 245. The Balaban J connectivity index is 2.39. The van der Waals surface area contributed by atoms with Crippen LogP contribution in [0.1, 0.15) is 47.0 Å². The van der Waals surface area contributed by atoms with Crippen molar-refractivity contribution >= 4 is 5.97 Å². The topological polar surface area (TPSA) is 61.6 Å². The van der Waals surface area contributed by atoms with E-state index in [1.807, 2.05) is 27.7 Å². The summed E-state index contributed by atoms with van der Waals surface area (Å²) in [7, 11) is 0. The fraction of sp³-hybridized carbons (Fsp3) is 0.923. The van der Waals surface area contributed by atoms with Gasteiger partial charge in [-0.1, -0.05) is 13.8 Å². The molecular weight excluding hydrogens is 218 g/mol. The molecule has 1 aliphatic heterocycles. The average Bonchev–Trinajstić information content (AvgIpc) is 2.14. The SMILES string of the molecule is CC(C)C[C@@H](N)C(=O)OC1CC(C)OC(C)C1. The van der Waals surface area contributed by atoms with E-state index in [2.05, 4.69) is 0 Å². The molecular formula is C13H25NO3. The van der Waals surface area contributed by atoms with Gasteiger partial charge in [0.1, 0.15) is 12.1 Å². The Kier molecular flexibility index (Phi) is 5.40. The Morgan fingerprint density at radius 2 is 1.88 bits per heavy atom. The van der Waals surface area contributed by atoms with E-state index in [1.54, 1.807) is 0 Å². The number of ether oxygens (including phenoxy) is 2. The molecule has 17 heavy (non-hydrogen) atoms. The molecule has 4 heteroatoms. The van der Waals surface area contributed by atoms with E-state index >= 15 is 0 Å². The summed E-state index contributed by atoms with van der Waals surface area (Å²) in [5.74, 6) is 0.134. The summed E-state index contributed by atoms with van der Waals surface area (Å²) in [5, 5.41) is 0. The first-order chi connectivity index (χ1) is 7.88. The number of carbonyl (C=O) groups excluding carboxylic acids is 1. The maximum atomic E-state index is 11.8. The van der Waals surface area contributed by atoms with Crippen LogP contribution < -0.4 is 5.73 Å². The van der Waals surface area contributed by atoms with E-state index in [0.29, 0.717) is 12.3 Å². The number of rotatable bonds is 4. The molecule has 0 aliphatic carbocycles. The third-order valence-corrected chi connectivity index (χ3v) is 2.97. The minimum atomic E-state index is -0.497. The van der Waals surface area contributed by atoms with Crippen LogP contribution in [0.15, 0.2) is 0 Å². The lowest BCUT2D eigenvalue weighted by atomic mass is 10.0. The molecule has 1 heterocycles. The summed E-state index contributed by atoms with van der Waals surface area (Å²) < 4.78 is 11.1. The number of hydrogen-bond acceptors (Lipinski definition) is 4. The molecule has 0 amide bonds. The van der Waals surface area contributed by atoms with Crippen LogP contribution in [0.5, 0.6) is 0 Å². The first kappa shape index (κ1) is 14.5. The molecule has 0 bridgehead atoms. The second-order valence-corrected chi connectivity index (χ2v) is 5.52. The summed E-state index contributed by atoms with van der Waals surface area (Å²) in [5.41, 5.74) is 5.80. The first-order valence-corrected chi connectivity index (χ1v) is 6.50. The molecule has 2 N–H and O–H groups in total. The molecule has 1 fully saturated rings. The maximum absolute atomic E-state index is 11.8. The van der Waals surface area contributed by atoms with Crippen LogP contribution in [0.4, 0.5) is 0 Å². The van der Waals surface area contributed by atoms with Crippen molar-refractivity contribution in [3.63, 3.8) is 0 Å². The average molecular weight is 243 g/mol. The second-order valence-electron chi connectivity index (χ2n) is 5.52. The molecule has 0 aromatic heterocycles. The third-order valence-electron chi connectivity index (χ3n) is 2.97. The van der Waals surface area contributed by atoms with Gasteiger partial charge in [-0.3, -0.25) is 4.79 Å². The fourth-order valence-corrected chi connectivity index (χ4v) is 2.30. The summed E-state index contributed by atoms with van der Waals surface area (Å²) in [6.07, 6.45) is 2.47. The van der Waals surface area contributed by atoms with Gasteiger partial charge in [-0.05, 0) is 26.2 Å². The fourth-order valence-electron chi connectivity index (χ4n) is 2.30. The van der Waals surface area contributed by atoms with Crippen LogP contribution in [0.2, 0.25) is 0 Å². The van der Waals surface area contributed by atoms with Crippen LogP contribution in [0.25, 0.3) is 0 Å². The molecule has 0 radical (unpaired) electrons. The van der Waals surface area contributed by atoms with E-state index in [9.17, 15) is 4.79 Å². The molecule has 0 spiro atoms. The number of carbonyl (C=O) groups is 1. The lowest BCUT2D eigenvalue weighted by molar-refractivity contribution is -0.161. The van der Waals surface area contributed by atoms with Crippen molar-refractivity contribution in [2.45, 2.75) is 71.3 Å². The van der Waals surface area contributed by atoms with Gasteiger partial charge in [-0.2, -0.15) is 0 Å². The van der Waals surface area contributed by atoms with Crippen molar-refractivity contribution < 1.29 is 14.3 Å². The Morgan fingerprint density at radius 1 is 1.35 bits per heavy atom. The minimum absolute atomic E-state index is 0.0422. The van der Waals surface area contributed by atoms with E-state index in [1.165, 1.54) is 0 Å². The van der Waals surface area contributed by atoms with Gasteiger partial charge in [-0.25, -0.2) is 0 Å². The highest BCUT2D eigenvalue weighted by Gasteiger charge is 2.28. The highest BCUT2D eigenvalue weighted by Crippen LogP contribution is 2.22. The Morgan fingerprint density at radius 3 is 2.35 bits per heavy atom.